The minimum atomic E-state index is -3.15. The van der Waals surface area contributed by atoms with Gasteiger partial charge in [0.2, 0.25) is 0 Å². The maximum atomic E-state index is 11.7. The summed E-state index contributed by atoms with van der Waals surface area (Å²) < 4.78 is 28.8. The van der Waals surface area contributed by atoms with Crippen LogP contribution in [-0.2, 0) is 14.6 Å². The number of ether oxygens (including phenoxy) is 1. The lowest BCUT2D eigenvalue weighted by Crippen LogP contribution is -2.42. The van der Waals surface area contributed by atoms with E-state index in [1.54, 1.807) is 0 Å². The van der Waals surface area contributed by atoms with Gasteiger partial charge in [-0.3, -0.25) is 0 Å². The molecule has 0 radical (unpaired) electrons. The van der Waals surface area contributed by atoms with Crippen molar-refractivity contribution in [2.45, 2.75) is 61.9 Å². The van der Waals surface area contributed by atoms with Crippen molar-refractivity contribution in [2.24, 2.45) is 0 Å². The highest BCUT2D eigenvalue weighted by molar-refractivity contribution is 7.91. The van der Waals surface area contributed by atoms with Gasteiger partial charge in [0, 0.05) is 12.9 Å². The van der Waals surface area contributed by atoms with E-state index in [2.05, 4.69) is 0 Å². The van der Waals surface area contributed by atoms with E-state index in [9.17, 15) is 13.5 Å². The van der Waals surface area contributed by atoms with Crippen LogP contribution in [0.25, 0.3) is 0 Å². The summed E-state index contributed by atoms with van der Waals surface area (Å²) in [4.78, 5) is 0. The van der Waals surface area contributed by atoms with Crippen LogP contribution in [0.2, 0.25) is 0 Å². The second kappa shape index (κ2) is 4.86. The summed E-state index contributed by atoms with van der Waals surface area (Å²) >= 11 is 0. The molecular weight excluding hydrogens is 240 g/mol. The second-order valence-electron chi connectivity index (χ2n) is 5.49. The van der Waals surface area contributed by atoms with Crippen LogP contribution in [0.3, 0.4) is 0 Å². The quantitative estimate of drug-likeness (QED) is 0.829. The Bertz CT molecular complexity index is 359. The molecule has 100 valence electrons. The maximum absolute atomic E-state index is 11.7. The molecule has 2 rings (SSSR count). The van der Waals surface area contributed by atoms with Crippen LogP contribution in [-0.4, -0.2) is 43.3 Å². The van der Waals surface area contributed by atoms with Crippen molar-refractivity contribution >= 4 is 9.84 Å². The van der Waals surface area contributed by atoms with Crippen molar-refractivity contribution in [3.8, 4) is 0 Å². The van der Waals surface area contributed by atoms with Crippen LogP contribution in [0.5, 0.6) is 0 Å². The first-order valence-corrected chi connectivity index (χ1v) is 8.40. The fraction of sp³-hybridized carbons (Fsp3) is 1.00. The zero-order chi connectivity index (χ0) is 12.5. The fourth-order valence-corrected chi connectivity index (χ4v) is 4.83. The number of rotatable bonds is 4. The third-order valence-electron chi connectivity index (χ3n) is 4.12. The Morgan fingerprint density at radius 2 is 2.12 bits per heavy atom. The first-order valence-electron chi connectivity index (χ1n) is 6.45. The summed E-state index contributed by atoms with van der Waals surface area (Å²) in [5.74, 6) is 0. The summed E-state index contributed by atoms with van der Waals surface area (Å²) in [6, 6.07) is 0. The van der Waals surface area contributed by atoms with Crippen LogP contribution < -0.4 is 0 Å². The van der Waals surface area contributed by atoms with E-state index in [4.69, 9.17) is 4.74 Å². The topological polar surface area (TPSA) is 63.6 Å². The number of hydrogen-bond donors (Lipinski definition) is 1. The number of aliphatic hydroxyl groups is 1. The summed E-state index contributed by atoms with van der Waals surface area (Å²) in [6.45, 7) is 0.804. The van der Waals surface area contributed by atoms with Crippen molar-refractivity contribution in [3.05, 3.63) is 0 Å². The zero-order valence-corrected chi connectivity index (χ0v) is 11.2. The van der Waals surface area contributed by atoms with Crippen LogP contribution in [0.4, 0.5) is 0 Å². The van der Waals surface area contributed by atoms with E-state index in [0.29, 0.717) is 19.3 Å². The molecule has 0 aromatic rings. The molecule has 2 aliphatic rings. The molecule has 3 unspecified atom stereocenters. The highest BCUT2D eigenvalue weighted by atomic mass is 32.2. The molecule has 1 saturated carbocycles. The lowest BCUT2D eigenvalue weighted by molar-refractivity contribution is 0.0185. The average Bonchev–Trinajstić information content (AvgIpc) is 2.82. The summed E-state index contributed by atoms with van der Waals surface area (Å²) in [5, 5.41) is 9.94. The Hall–Kier alpha value is -0.130. The van der Waals surface area contributed by atoms with Gasteiger partial charge in [-0.25, -0.2) is 8.42 Å². The largest absolute Gasteiger partial charge is 0.389 e. The zero-order valence-electron chi connectivity index (χ0n) is 10.4. The predicted molar refractivity (Wildman–Crippen MR) is 65.6 cm³/mol. The van der Waals surface area contributed by atoms with Gasteiger partial charge in [0.15, 0.2) is 9.84 Å². The van der Waals surface area contributed by atoms with Gasteiger partial charge in [-0.15, -0.1) is 0 Å². The molecule has 1 saturated heterocycles. The van der Waals surface area contributed by atoms with Crippen molar-refractivity contribution in [3.63, 3.8) is 0 Å². The van der Waals surface area contributed by atoms with E-state index < -0.39 is 20.7 Å². The minimum Gasteiger partial charge on any atom is -0.389 e. The SMILES string of the molecule is CS(=O)(=O)C1CCCC1(O)CCC1CCCO1. The molecule has 5 heteroatoms. The first kappa shape index (κ1) is 13.3. The van der Waals surface area contributed by atoms with Crippen LogP contribution >= 0.6 is 0 Å². The lowest BCUT2D eigenvalue weighted by Gasteiger charge is -2.29. The molecule has 1 aliphatic heterocycles. The third-order valence-corrected chi connectivity index (χ3v) is 5.82. The average molecular weight is 262 g/mol. The molecule has 1 aliphatic carbocycles. The molecule has 0 spiro atoms. The summed E-state index contributed by atoms with van der Waals surface area (Å²) in [6.07, 6.45) is 6.92. The molecule has 17 heavy (non-hydrogen) atoms. The Labute approximate surface area is 103 Å². The van der Waals surface area contributed by atoms with E-state index in [1.165, 1.54) is 6.26 Å². The van der Waals surface area contributed by atoms with Crippen LogP contribution in [0.15, 0.2) is 0 Å². The van der Waals surface area contributed by atoms with E-state index in [0.717, 1.165) is 32.3 Å². The molecule has 4 nitrogen and oxygen atoms in total. The van der Waals surface area contributed by atoms with Gasteiger partial charge < -0.3 is 9.84 Å². The summed E-state index contributed by atoms with van der Waals surface area (Å²) in [5.41, 5.74) is -1.01. The van der Waals surface area contributed by atoms with Crippen LogP contribution in [0, 0.1) is 0 Å². The molecular formula is C12H22O4S. The third kappa shape index (κ3) is 3.01. The van der Waals surface area contributed by atoms with Gasteiger partial charge in [0.05, 0.1) is 17.0 Å². The van der Waals surface area contributed by atoms with Gasteiger partial charge in [0.1, 0.15) is 0 Å². The first-order chi connectivity index (χ1) is 7.92. The molecule has 0 amide bonds. The second-order valence-corrected chi connectivity index (χ2v) is 7.72. The Morgan fingerprint density at radius 3 is 2.71 bits per heavy atom. The smallest absolute Gasteiger partial charge is 0.153 e. The molecule has 1 heterocycles. The van der Waals surface area contributed by atoms with Crippen molar-refractivity contribution in [1.82, 2.24) is 0 Å². The highest BCUT2D eigenvalue weighted by Gasteiger charge is 2.46. The fourth-order valence-electron chi connectivity index (χ4n) is 3.20. The maximum Gasteiger partial charge on any atom is 0.153 e. The lowest BCUT2D eigenvalue weighted by atomic mass is 9.93. The van der Waals surface area contributed by atoms with Gasteiger partial charge in [-0.1, -0.05) is 0 Å². The number of hydrogen-bond acceptors (Lipinski definition) is 4. The van der Waals surface area contributed by atoms with Crippen molar-refractivity contribution in [2.75, 3.05) is 12.9 Å². The highest BCUT2D eigenvalue weighted by Crippen LogP contribution is 2.39. The Morgan fingerprint density at radius 1 is 1.35 bits per heavy atom. The molecule has 0 aromatic carbocycles. The van der Waals surface area contributed by atoms with E-state index in [-0.39, 0.29) is 6.10 Å². The van der Waals surface area contributed by atoms with E-state index >= 15 is 0 Å². The Kier molecular flexibility index (Phi) is 3.80. The number of sulfone groups is 1. The summed E-state index contributed by atoms with van der Waals surface area (Å²) in [7, 11) is -3.15. The molecule has 3 atom stereocenters. The van der Waals surface area contributed by atoms with Gasteiger partial charge in [-0.05, 0) is 44.9 Å². The van der Waals surface area contributed by atoms with Gasteiger partial charge in [0.25, 0.3) is 0 Å². The molecule has 2 fully saturated rings. The van der Waals surface area contributed by atoms with Crippen molar-refractivity contribution in [1.29, 1.82) is 0 Å². The minimum absolute atomic E-state index is 0.222. The molecule has 1 N–H and O–H groups in total. The van der Waals surface area contributed by atoms with E-state index in [1.807, 2.05) is 0 Å². The monoisotopic (exact) mass is 262 g/mol. The van der Waals surface area contributed by atoms with Gasteiger partial charge >= 0.3 is 0 Å². The molecule has 0 aromatic heterocycles. The molecule has 0 bridgehead atoms. The Balaban J connectivity index is 1.96. The predicted octanol–water partition coefficient (Wildman–Crippen LogP) is 1.27. The van der Waals surface area contributed by atoms with Gasteiger partial charge in [-0.2, -0.15) is 0 Å². The van der Waals surface area contributed by atoms with Crippen LogP contribution in [0.1, 0.15) is 44.9 Å². The standard InChI is InChI=1S/C12H22O4S/c1-17(14,15)11-5-2-7-12(11,13)8-6-10-4-3-9-16-10/h10-11,13H,2-9H2,1H3. The van der Waals surface area contributed by atoms with Crippen molar-refractivity contribution < 1.29 is 18.3 Å². The normalized spacial score (nSPS) is 38.7.